The molecule has 0 aromatic rings. The van der Waals surface area contributed by atoms with Crippen molar-refractivity contribution >= 4 is 5.91 Å². The Morgan fingerprint density at radius 2 is 2.00 bits per heavy atom. The number of hydrogen-bond donors (Lipinski definition) is 0. The van der Waals surface area contributed by atoms with E-state index < -0.39 is 0 Å². The number of carbonyl (C=O) groups is 1. The number of hydroxylamine groups is 2. The van der Waals surface area contributed by atoms with E-state index in [1.54, 1.807) is 0 Å². The highest BCUT2D eigenvalue weighted by atomic mass is 16.7. The van der Waals surface area contributed by atoms with E-state index in [4.69, 9.17) is 14.3 Å². The van der Waals surface area contributed by atoms with Crippen LogP contribution in [0.5, 0.6) is 0 Å². The highest BCUT2D eigenvalue weighted by molar-refractivity contribution is 5.86. The maximum atomic E-state index is 11.1. The zero-order valence-electron chi connectivity index (χ0n) is 9.40. The minimum Gasteiger partial charge on any atom is -0.379 e. The molecule has 0 saturated carbocycles. The molecule has 0 unspecified atom stereocenters. The molecule has 15 heavy (non-hydrogen) atoms. The lowest BCUT2D eigenvalue weighted by Gasteiger charge is -2.17. The van der Waals surface area contributed by atoms with E-state index in [0.29, 0.717) is 33.0 Å². The molecular formula is C10H19NO4. The second-order valence-electron chi connectivity index (χ2n) is 2.64. The van der Waals surface area contributed by atoms with Gasteiger partial charge in [0, 0.05) is 6.61 Å². The molecule has 5 heteroatoms. The second-order valence-corrected chi connectivity index (χ2v) is 2.64. The van der Waals surface area contributed by atoms with Gasteiger partial charge in [0.05, 0.1) is 33.5 Å². The SMILES string of the molecule is C=CC(=O)N(CCOCCOCC)OC. The van der Waals surface area contributed by atoms with Crippen LogP contribution in [0.4, 0.5) is 0 Å². The van der Waals surface area contributed by atoms with E-state index in [0.717, 1.165) is 0 Å². The number of carbonyl (C=O) groups excluding carboxylic acids is 1. The Labute approximate surface area is 90.6 Å². The van der Waals surface area contributed by atoms with Gasteiger partial charge in [-0.3, -0.25) is 9.63 Å². The minimum absolute atomic E-state index is 0.272. The molecule has 0 N–H and O–H groups in total. The van der Waals surface area contributed by atoms with Crippen LogP contribution in [-0.4, -0.2) is 51.1 Å². The lowest BCUT2D eigenvalue weighted by atomic mass is 10.5. The van der Waals surface area contributed by atoms with Gasteiger partial charge in [-0.2, -0.15) is 0 Å². The number of ether oxygens (including phenoxy) is 2. The van der Waals surface area contributed by atoms with E-state index >= 15 is 0 Å². The summed E-state index contributed by atoms with van der Waals surface area (Å²) in [7, 11) is 1.43. The smallest absolute Gasteiger partial charge is 0.269 e. The third-order valence-electron chi connectivity index (χ3n) is 1.66. The molecule has 5 nitrogen and oxygen atoms in total. The fourth-order valence-corrected chi connectivity index (χ4v) is 0.905. The third kappa shape index (κ3) is 7.07. The summed E-state index contributed by atoms with van der Waals surface area (Å²) in [6.45, 7) is 7.86. The molecule has 1 amide bonds. The van der Waals surface area contributed by atoms with Crippen molar-refractivity contribution in [1.29, 1.82) is 0 Å². The predicted molar refractivity (Wildman–Crippen MR) is 56.2 cm³/mol. The molecule has 0 atom stereocenters. The predicted octanol–water partition coefficient (Wildman–Crippen LogP) is 0.615. The average molecular weight is 217 g/mol. The summed E-state index contributed by atoms with van der Waals surface area (Å²) in [5, 5.41) is 1.19. The van der Waals surface area contributed by atoms with Crippen molar-refractivity contribution in [2.24, 2.45) is 0 Å². The molecule has 0 bridgehead atoms. The first-order valence-corrected chi connectivity index (χ1v) is 4.89. The van der Waals surface area contributed by atoms with Crippen molar-refractivity contribution < 1.29 is 19.1 Å². The fourth-order valence-electron chi connectivity index (χ4n) is 0.905. The van der Waals surface area contributed by atoms with Crippen LogP contribution in [0, 0.1) is 0 Å². The molecule has 0 aliphatic carbocycles. The first kappa shape index (κ1) is 14.1. The Balaban J connectivity index is 3.46. The van der Waals surface area contributed by atoms with Crippen LogP contribution in [0.25, 0.3) is 0 Å². The Kier molecular flexibility index (Phi) is 9.05. The zero-order chi connectivity index (χ0) is 11.5. The molecule has 0 radical (unpaired) electrons. The van der Waals surface area contributed by atoms with Crippen LogP contribution in [0.3, 0.4) is 0 Å². The molecule has 0 rings (SSSR count). The standard InChI is InChI=1S/C10H19NO4/c1-4-10(12)11(13-3)6-7-15-9-8-14-5-2/h4H,1,5-9H2,2-3H3. The third-order valence-corrected chi connectivity index (χ3v) is 1.66. The van der Waals surface area contributed by atoms with Gasteiger partial charge in [-0.25, -0.2) is 5.06 Å². The van der Waals surface area contributed by atoms with Crippen molar-refractivity contribution in [3.63, 3.8) is 0 Å². The van der Waals surface area contributed by atoms with Gasteiger partial charge in [0.25, 0.3) is 5.91 Å². The molecule has 0 saturated heterocycles. The summed E-state index contributed by atoms with van der Waals surface area (Å²) in [5.41, 5.74) is 0. The summed E-state index contributed by atoms with van der Waals surface area (Å²) in [5.74, 6) is -0.272. The Morgan fingerprint density at radius 3 is 2.53 bits per heavy atom. The second kappa shape index (κ2) is 9.64. The summed E-state index contributed by atoms with van der Waals surface area (Å²) in [6, 6.07) is 0. The Hall–Kier alpha value is -0.910. The first-order valence-electron chi connectivity index (χ1n) is 4.89. The minimum atomic E-state index is -0.272. The van der Waals surface area contributed by atoms with Crippen LogP contribution >= 0.6 is 0 Å². The lowest BCUT2D eigenvalue weighted by molar-refractivity contribution is -0.173. The van der Waals surface area contributed by atoms with E-state index in [1.807, 2.05) is 6.92 Å². The van der Waals surface area contributed by atoms with Crippen molar-refractivity contribution in [2.75, 3.05) is 40.1 Å². The van der Waals surface area contributed by atoms with E-state index in [-0.39, 0.29) is 5.91 Å². The van der Waals surface area contributed by atoms with E-state index in [9.17, 15) is 4.79 Å². The Morgan fingerprint density at radius 1 is 1.33 bits per heavy atom. The van der Waals surface area contributed by atoms with Crippen LogP contribution in [0.2, 0.25) is 0 Å². The van der Waals surface area contributed by atoms with Crippen molar-refractivity contribution in [1.82, 2.24) is 5.06 Å². The molecule has 0 aliphatic heterocycles. The quantitative estimate of drug-likeness (QED) is 0.322. The highest BCUT2D eigenvalue weighted by Gasteiger charge is 2.07. The first-order chi connectivity index (χ1) is 7.26. The van der Waals surface area contributed by atoms with E-state index in [2.05, 4.69) is 6.58 Å². The van der Waals surface area contributed by atoms with E-state index in [1.165, 1.54) is 18.2 Å². The van der Waals surface area contributed by atoms with Gasteiger partial charge in [0.2, 0.25) is 0 Å². The average Bonchev–Trinajstić information content (AvgIpc) is 2.27. The number of amides is 1. The van der Waals surface area contributed by atoms with Gasteiger partial charge in [0.1, 0.15) is 0 Å². The molecular weight excluding hydrogens is 198 g/mol. The van der Waals surface area contributed by atoms with Crippen molar-refractivity contribution in [2.45, 2.75) is 6.92 Å². The van der Waals surface area contributed by atoms with Crippen LogP contribution in [0.1, 0.15) is 6.92 Å². The molecule has 0 aromatic carbocycles. The van der Waals surface area contributed by atoms with Crippen LogP contribution in [-0.2, 0) is 19.1 Å². The molecule has 0 aromatic heterocycles. The highest BCUT2D eigenvalue weighted by Crippen LogP contribution is 1.91. The van der Waals surface area contributed by atoms with Gasteiger partial charge in [-0.15, -0.1) is 0 Å². The monoisotopic (exact) mass is 217 g/mol. The van der Waals surface area contributed by atoms with Gasteiger partial charge < -0.3 is 9.47 Å². The summed E-state index contributed by atoms with van der Waals surface area (Å²) < 4.78 is 10.3. The van der Waals surface area contributed by atoms with Crippen molar-refractivity contribution in [3.8, 4) is 0 Å². The maximum absolute atomic E-state index is 11.1. The van der Waals surface area contributed by atoms with Crippen LogP contribution in [0.15, 0.2) is 12.7 Å². The molecule has 0 spiro atoms. The van der Waals surface area contributed by atoms with Gasteiger partial charge >= 0.3 is 0 Å². The summed E-state index contributed by atoms with van der Waals surface area (Å²) >= 11 is 0. The Bertz CT molecular complexity index is 184. The lowest BCUT2D eigenvalue weighted by Crippen LogP contribution is -2.31. The normalized spacial score (nSPS) is 10.0. The largest absolute Gasteiger partial charge is 0.379 e. The molecule has 88 valence electrons. The zero-order valence-corrected chi connectivity index (χ0v) is 9.40. The molecule has 0 heterocycles. The van der Waals surface area contributed by atoms with Crippen LogP contribution < -0.4 is 0 Å². The summed E-state index contributed by atoms with van der Waals surface area (Å²) in [6.07, 6.45) is 1.20. The number of nitrogens with zero attached hydrogens (tertiary/aromatic N) is 1. The molecule has 0 aliphatic rings. The van der Waals surface area contributed by atoms with Gasteiger partial charge in [-0.05, 0) is 13.0 Å². The maximum Gasteiger partial charge on any atom is 0.269 e. The number of hydrogen-bond acceptors (Lipinski definition) is 4. The fraction of sp³-hybridized carbons (Fsp3) is 0.700. The number of rotatable bonds is 9. The molecule has 0 fully saturated rings. The van der Waals surface area contributed by atoms with Gasteiger partial charge in [-0.1, -0.05) is 6.58 Å². The van der Waals surface area contributed by atoms with Gasteiger partial charge in [0.15, 0.2) is 0 Å². The topological polar surface area (TPSA) is 48.0 Å². The summed E-state index contributed by atoms with van der Waals surface area (Å²) in [4.78, 5) is 15.9. The van der Waals surface area contributed by atoms with Crippen molar-refractivity contribution in [3.05, 3.63) is 12.7 Å².